The van der Waals surface area contributed by atoms with Crippen molar-refractivity contribution in [2.75, 3.05) is 25.1 Å². The lowest BCUT2D eigenvalue weighted by Crippen LogP contribution is -2.30. The molecule has 1 aliphatic heterocycles. The van der Waals surface area contributed by atoms with Crippen LogP contribution in [0.15, 0.2) is 18.2 Å². The monoisotopic (exact) mass is 307 g/mol. The van der Waals surface area contributed by atoms with Gasteiger partial charge in [-0.2, -0.15) is 0 Å². The Kier molecular flexibility index (Phi) is 6.06. The molecule has 1 aromatic rings. The Morgan fingerprint density at radius 1 is 1.52 bits per heavy atom. The highest BCUT2D eigenvalue weighted by Gasteiger charge is 2.22. The second-order valence-electron chi connectivity index (χ2n) is 4.87. The number of rotatable bonds is 3. The molecule has 0 aromatic heterocycles. The van der Waals surface area contributed by atoms with Crippen LogP contribution in [0.25, 0.3) is 0 Å². The number of carbonyl (C=O) groups is 1. The molecule has 1 unspecified atom stereocenters. The Morgan fingerprint density at radius 3 is 3.10 bits per heavy atom. The summed E-state index contributed by atoms with van der Waals surface area (Å²) >= 11 is 5.98. The summed E-state index contributed by atoms with van der Waals surface area (Å²) in [6.45, 7) is 1.19. The quantitative estimate of drug-likeness (QED) is 0.843. The van der Waals surface area contributed by atoms with Crippen molar-refractivity contribution >= 4 is 23.2 Å². The highest BCUT2D eigenvalue weighted by Crippen LogP contribution is 2.22. The highest BCUT2D eigenvalue weighted by molar-refractivity contribution is 6.31. The van der Waals surface area contributed by atoms with Gasteiger partial charge in [0.25, 0.3) is 0 Å². The zero-order valence-corrected chi connectivity index (χ0v) is 12.4. The predicted molar refractivity (Wildman–Crippen MR) is 82.2 cm³/mol. The Hall–Kier alpha value is -1.54. The topological polar surface area (TPSA) is 58.6 Å². The number of benzene rings is 1. The number of carbonyl (C=O) groups excluding carboxylic acids is 1. The van der Waals surface area contributed by atoms with E-state index in [1.807, 2.05) is 0 Å². The van der Waals surface area contributed by atoms with E-state index in [0.717, 1.165) is 19.4 Å². The van der Waals surface area contributed by atoms with E-state index < -0.39 is 0 Å². The summed E-state index contributed by atoms with van der Waals surface area (Å²) in [5.41, 5.74) is 1.29. The van der Waals surface area contributed by atoms with E-state index >= 15 is 0 Å². The van der Waals surface area contributed by atoms with Gasteiger partial charge < -0.3 is 15.2 Å². The summed E-state index contributed by atoms with van der Waals surface area (Å²) in [6.07, 6.45) is 2.13. The van der Waals surface area contributed by atoms with Gasteiger partial charge >= 0.3 is 0 Å². The van der Waals surface area contributed by atoms with Crippen molar-refractivity contribution in [1.82, 2.24) is 0 Å². The molecule has 1 aliphatic rings. The normalized spacial score (nSPS) is 17.7. The molecule has 1 aromatic carbocycles. The molecule has 0 radical (unpaired) electrons. The number of hydrogen-bond acceptors (Lipinski definition) is 3. The van der Waals surface area contributed by atoms with Gasteiger partial charge in [-0.05, 0) is 31.0 Å². The third kappa shape index (κ3) is 4.75. The summed E-state index contributed by atoms with van der Waals surface area (Å²) in [5.74, 6) is 5.58. The van der Waals surface area contributed by atoms with Crippen LogP contribution in [0.4, 0.5) is 5.69 Å². The van der Waals surface area contributed by atoms with Gasteiger partial charge in [0.1, 0.15) is 0 Å². The van der Waals surface area contributed by atoms with E-state index in [1.54, 1.807) is 18.2 Å². The van der Waals surface area contributed by atoms with Crippen LogP contribution < -0.4 is 5.32 Å². The van der Waals surface area contributed by atoms with Gasteiger partial charge in [-0.3, -0.25) is 4.79 Å². The van der Waals surface area contributed by atoms with Gasteiger partial charge in [-0.25, -0.2) is 0 Å². The molecular formula is C16H18ClNO3. The highest BCUT2D eigenvalue weighted by atomic mass is 35.5. The van der Waals surface area contributed by atoms with Gasteiger partial charge in [0.2, 0.25) is 5.91 Å². The number of amides is 1. The molecular weight excluding hydrogens is 290 g/mol. The molecule has 0 saturated carbocycles. The fraction of sp³-hybridized carbons (Fsp3) is 0.438. The predicted octanol–water partition coefficient (Wildman–Crippen LogP) is 2.44. The number of halogens is 1. The van der Waals surface area contributed by atoms with Crippen LogP contribution >= 0.6 is 11.6 Å². The number of ether oxygens (including phenoxy) is 1. The second kappa shape index (κ2) is 8.04. The minimum absolute atomic E-state index is 0.0156. The smallest absolute Gasteiger partial charge is 0.229 e. The number of anilines is 1. The summed E-state index contributed by atoms with van der Waals surface area (Å²) in [4.78, 5) is 12.2. The Morgan fingerprint density at radius 2 is 2.38 bits per heavy atom. The van der Waals surface area contributed by atoms with E-state index in [2.05, 4.69) is 17.2 Å². The lowest BCUT2D eigenvalue weighted by molar-refractivity contribution is -0.123. The standard InChI is InChI=1S/C16H18ClNO3/c17-14-7-6-12(4-1-2-8-19)15(10-14)18-16(20)13-5-3-9-21-11-13/h6-7,10,13,19H,2-3,5,8-9,11H2,(H,18,20). The molecule has 0 spiro atoms. The maximum Gasteiger partial charge on any atom is 0.229 e. The third-order valence-corrected chi connectivity index (χ3v) is 3.47. The molecule has 0 aliphatic carbocycles. The lowest BCUT2D eigenvalue weighted by Gasteiger charge is -2.21. The van der Waals surface area contributed by atoms with Gasteiger partial charge in [0, 0.05) is 23.6 Å². The van der Waals surface area contributed by atoms with Gasteiger partial charge in [-0.15, -0.1) is 0 Å². The van der Waals surface area contributed by atoms with E-state index in [4.69, 9.17) is 21.4 Å². The van der Waals surface area contributed by atoms with E-state index in [0.29, 0.717) is 29.3 Å². The first kappa shape index (κ1) is 15.8. The van der Waals surface area contributed by atoms with Crippen LogP contribution in [0.5, 0.6) is 0 Å². The van der Waals surface area contributed by atoms with Crippen LogP contribution in [0, 0.1) is 17.8 Å². The Bertz CT molecular complexity index is 556. The van der Waals surface area contributed by atoms with Crippen LogP contribution in [0.2, 0.25) is 5.02 Å². The SMILES string of the molecule is O=C(Nc1cc(Cl)ccc1C#CCCO)C1CCCOC1. The molecule has 5 heteroatoms. The van der Waals surface area contributed by atoms with E-state index in [-0.39, 0.29) is 18.4 Å². The summed E-state index contributed by atoms with van der Waals surface area (Å²) < 4.78 is 5.33. The number of hydrogen-bond donors (Lipinski definition) is 2. The number of aliphatic hydroxyl groups is 1. The van der Waals surface area contributed by atoms with Crippen molar-refractivity contribution in [3.63, 3.8) is 0 Å². The fourth-order valence-electron chi connectivity index (χ4n) is 2.12. The van der Waals surface area contributed by atoms with E-state index in [1.165, 1.54) is 0 Å². The van der Waals surface area contributed by atoms with Gasteiger partial charge in [0.15, 0.2) is 0 Å². The lowest BCUT2D eigenvalue weighted by atomic mass is 10.0. The molecule has 4 nitrogen and oxygen atoms in total. The van der Waals surface area contributed by atoms with Crippen molar-refractivity contribution in [2.24, 2.45) is 5.92 Å². The molecule has 112 valence electrons. The third-order valence-electron chi connectivity index (χ3n) is 3.23. The zero-order valence-electron chi connectivity index (χ0n) is 11.7. The number of nitrogens with one attached hydrogen (secondary N) is 1. The van der Waals surface area contributed by atoms with Crippen molar-refractivity contribution in [2.45, 2.75) is 19.3 Å². The maximum atomic E-state index is 12.2. The second-order valence-corrected chi connectivity index (χ2v) is 5.31. The molecule has 1 atom stereocenters. The van der Waals surface area contributed by atoms with Crippen LogP contribution in [-0.4, -0.2) is 30.8 Å². The first-order valence-corrected chi connectivity index (χ1v) is 7.36. The summed E-state index contributed by atoms with van der Waals surface area (Å²) in [6, 6.07) is 5.18. The van der Waals surface area contributed by atoms with Crippen molar-refractivity contribution in [3.05, 3.63) is 28.8 Å². The molecule has 0 bridgehead atoms. The fourth-order valence-corrected chi connectivity index (χ4v) is 2.30. The molecule has 1 saturated heterocycles. The molecule has 1 heterocycles. The summed E-state index contributed by atoms with van der Waals surface area (Å²) in [7, 11) is 0. The van der Waals surface area contributed by atoms with Crippen LogP contribution in [-0.2, 0) is 9.53 Å². The zero-order chi connectivity index (χ0) is 15.1. The average Bonchev–Trinajstić information content (AvgIpc) is 2.50. The minimum Gasteiger partial charge on any atom is -0.395 e. The van der Waals surface area contributed by atoms with Crippen LogP contribution in [0.1, 0.15) is 24.8 Å². The largest absolute Gasteiger partial charge is 0.395 e. The number of aliphatic hydroxyl groups excluding tert-OH is 1. The van der Waals surface area contributed by atoms with E-state index in [9.17, 15) is 4.79 Å². The van der Waals surface area contributed by atoms with Gasteiger partial charge in [-0.1, -0.05) is 23.4 Å². The van der Waals surface area contributed by atoms with Crippen molar-refractivity contribution in [1.29, 1.82) is 0 Å². The molecule has 2 rings (SSSR count). The molecule has 1 fully saturated rings. The van der Waals surface area contributed by atoms with Gasteiger partial charge in [0.05, 0.1) is 24.8 Å². The minimum atomic E-state index is -0.129. The first-order chi connectivity index (χ1) is 10.2. The molecule has 1 amide bonds. The molecule has 21 heavy (non-hydrogen) atoms. The maximum absolute atomic E-state index is 12.2. The van der Waals surface area contributed by atoms with Crippen LogP contribution in [0.3, 0.4) is 0 Å². The van der Waals surface area contributed by atoms with Crippen molar-refractivity contribution in [3.8, 4) is 11.8 Å². The van der Waals surface area contributed by atoms with Crippen molar-refractivity contribution < 1.29 is 14.6 Å². The summed E-state index contributed by atoms with van der Waals surface area (Å²) in [5, 5.41) is 12.2. The Balaban J connectivity index is 2.12. The average molecular weight is 308 g/mol. The first-order valence-electron chi connectivity index (χ1n) is 6.98. The Labute approximate surface area is 129 Å². The molecule has 2 N–H and O–H groups in total.